The lowest BCUT2D eigenvalue weighted by Gasteiger charge is -2.36. The average Bonchev–Trinajstić information content (AvgIpc) is 3.28. The number of amides is 2. The van der Waals surface area contributed by atoms with Gasteiger partial charge in [-0.25, -0.2) is 9.97 Å². The van der Waals surface area contributed by atoms with E-state index in [4.69, 9.17) is 4.98 Å². The molecule has 0 saturated carbocycles. The molecule has 4 rings (SSSR count). The van der Waals surface area contributed by atoms with E-state index in [0.717, 1.165) is 49.3 Å². The zero-order chi connectivity index (χ0) is 20.4. The van der Waals surface area contributed by atoms with Crippen LogP contribution < -0.4 is 0 Å². The molecule has 0 N–H and O–H groups in total. The van der Waals surface area contributed by atoms with Crippen LogP contribution in [0.15, 0.2) is 24.7 Å². The van der Waals surface area contributed by atoms with Gasteiger partial charge in [0.1, 0.15) is 0 Å². The van der Waals surface area contributed by atoms with Gasteiger partial charge in [0.25, 0.3) is 0 Å². The van der Waals surface area contributed by atoms with E-state index in [0.29, 0.717) is 19.5 Å². The maximum atomic E-state index is 13.1. The predicted molar refractivity (Wildman–Crippen MR) is 107 cm³/mol. The summed E-state index contributed by atoms with van der Waals surface area (Å²) < 4.78 is 1.83. The first kappa shape index (κ1) is 19.5. The van der Waals surface area contributed by atoms with Gasteiger partial charge >= 0.3 is 0 Å². The van der Waals surface area contributed by atoms with Crippen LogP contribution in [0, 0.1) is 0 Å². The normalized spacial score (nSPS) is 20.3. The van der Waals surface area contributed by atoms with Crippen molar-refractivity contribution in [1.82, 2.24) is 29.5 Å². The van der Waals surface area contributed by atoms with Gasteiger partial charge in [0, 0.05) is 63.6 Å². The Hall–Kier alpha value is -2.77. The molecule has 2 aliphatic rings. The maximum Gasteiger partial charge on any atom is 0.225 e. The van der Waals surface area contributed by atoms with Crippen LogP contribution in [0.5, 0.6) is 0 Å². The first-order chi connectivity index (χ1) is 14.0. The number of likely N-dealkylation sites (tertiary alicyclic amines) is 1. The molecular weight excluding hydrogens is 368 g/mol. The molecule has 0 aliphatic carbocycles. The summed E-state index contributed by atoms with van der Waals surface area (Å²) in [7, 11) is 0. The summed E-state index contributed by atoms with van der Waals surface area (Å²) in [6.45, 7) is 5.61. The van der Waals surface area contributed by atoms with E-state index in [1.807, 2.05) is 39.9 Å². The average molecular weight is 396 g/mol. The lowest BCUT2D eigenvalue weighted by atomic mass is 9.99. The summed E-state index contributed by atoms with van der Waals surface area (Å²) in [5.74, 6) is 0.941. The molecule has 2 atom stereocenters. The molecule has 2 aliphatic heterocycles. The van der Waals surface area contributed by atoms with Gasteiger partial charge < -0.3 is 9.80 Å². The highest BCUT2D eigenvalue weighted by molar-refractivity contribution is 5.77. The van der Waals surface area contributed by atoms with E-state index in [9.17, 15) is 9.59 Å². The van der Waals surface area contributed by atoms with Gasteiger partial charge in [-0.3, -0.25) is 14.3 Å². The second kappa shape index (κ2) is 8.31. The van der Waals surface area contributed by atoms with Gasteiger partial charge in [0.15, 0.2) is 5.82 Å². The Morgan fingerprint density at radius 2 is 2.14 bits per heavy atom. The van der Waals surface area contributed by atoms with Crippen molar-refractivity contribution < 1.29 is 9.59 Å². The van der Waals surface area contributed by atoms with Crippen LogP contribution in [0.25, 0.3) is 0 Å². The number of hydrogen-bond donors (Lipinski definition) is 0. The van der Waals surface area contributed by atoms with Crippen molar-refractivity contribution in [1.29, 1.82) is 0 Å². The van der Waals surface area contributed by atoms with Crippen LogP contribution >= 0.6 is 0 Å². The Balaban J connectivity index is 1.50. The van der Waals surface area contributed by atoms with Crippen molar-refractivity contribution in [2.75, 3.05) is 13.1 Å². The minimum atomic E-state index is -0.0720. The van der Waals surface area contributed by atoms with Gasteiger partial charge in [0.05, 0.1) is 17.8 Å². The molecule has 8 heteroatoms. The van der Waals surface area contributed by atoms with Crippen molar-refractivity contribution in [2.45, 2.75) is 64.6 Å². The van der Waals surface area contributed by atoms with Gasteiger partial charge in [-0.15, -0.1) is 0 Å². The molecule has 2 unspecified atom stereocenters. The summed E-state index contributed by atoms with van der Waals surface area (Å²) in [6, 6.07) is 1.82. The third-order valence-electron chi connectivity index (χ3n) is 5.97. The Labute approximate surface area is 170 Å². The van der Waals surface area contributed by atoms with Crippen LogP contribution in [0.4, 0.5) is 0 Å². The molecule has 8 nitrogen and oxygen atoms in total. The van der Waals surface area contributed by atoms with E-state index >= 15 is 0 Å². The summed E-state index contributed by atoms with van der Waals surface area (Å²) >= 11 is 0. The van der Waals surface area contributed by atoms with E-state index < -0.39 is 0 Å². The van der Waals surface area contributed by atoms with E-state index in [1.54, 1.807) is 13.1 Å². The van der Waals surface area contributed by atoms with Crippen LogP contribution in [0.1, 0.15) is 68.7 Å². The molecule has 2 aromatic heterocycles. The van der Waals surface area contributed by atoms with Crippen molar-refractivity contribution >= 4 is 11.8 Å². The van der Waals surface area contributed by atoms with E-state index in [-0.39, 0.29) is 23.9 Å². The number of hydrogen-bond acceptors (Lipinski definition) is 5. The molecule has 0 radical (unpaired) electrons. The van der Waals surface area contributed by atoms with E-state index in [2.05, 4.69) is 10.1 Å². The molecule has 4 heterocycles. The molecule has 1 saturated heterocycles. The minimum absolute atomic E-state index is 0.0158. The largest absolute Gasteiger partial charge is 0.338 e. The fourth-order valence-corrected chi connectivity index (χ4v) is 4.26. The van der Waals surface area contributed by atoms with Crippen molar-refractivity contribution in [3.05, 3.63) is 41.7 Å². The molecule has 2 aromatic rings. The molecule has 2 amide bonds. The minimum Gasteiger partial charge on any atom is -0.338 e. The van der Waals surface area contributed by atoms with Crippen LogP contribution in [0.3, 0.4) is 0 Å². The number of piperidine rings is 1. The summed E-state index contributed by atoms with van der Waals surface area (Å²) in [5.41, 5.74) is 2.02. The zero-order valence-electron chi connectivity index (χ0n) is 17.1. The van der Waals surface area contributed by atoms with Crippen molar-refractivity contribution in [3.8, 4) is 0 Å². The highest BCUT2D eigenvalue weighted by atomic mass is 16.2. The van der Waals surface area contributed by atoms with Crippen LogP contribution in [-0.2, 0) is 22.6 Å². The second-order valence-corrected chi connectivity index (χ2v) is 8.03. The zero-order valence-corrected chi connectivity index (χ0v) is 17.1. The first-order valence-electron chi connectivity index (χ1n) is 10.4. The molecule has 0 spiro atoms. The Bertz CT molecular complexity index is 881. The van der Waals surface area contributed by atoms with Crippen molar-refractivity contribution in [2.24, 2.45) is 0 Å². The van der Waals surface area contributed by atoms with Gasteiger partial charge in [-0.1, -0.05) is 0 Å². The number of carbonyl (C=O) groups excluding carboxylic acids is 2. The Kier molecular flexibility index (Phi) is 5.60. The molecular formula is C21H28N6O2. The predicted octanol–water partition coefficient (Wildman–Crippen LogP) is 2.28. The molecule has 0 aromatic carbocycles. The lowest BCUT2D eigenvalue weighted by Crippen LogP contribution is -2.40. The highest BCUT2D eigenvalue weighted by Gasteiger charge is 2.32. The number of carbonyl (C=O) groups is 2. The summed E-state index contributed by atoms with van der Waals surface area (Å²) in [5, 5.41) is 4.25. The molecule has 29 heavy (non-hydrogen) atoms. The SMILES string of the molecule is CC(=O)N1CCc2nc(C3CCCCN3C(=O)CC(C)n3cccn3)ncc2C1. The third-order valence-corrected chi connectivity index (χ3v) is 5.97. The second-order valence-electron chi connectivity index (χ2n) is 8.03. The van der Waals surface area contributed by atoms with Crippen LogP contribution in [-0.4, -0.2) is 54.5 Å². The molecule has 154 valence electrons. The Morgan fingerprint density at radius 1 is 1.28 bits per heavy atom. The topological polar surface area (TPSA) is 84.2 Å². The van der Waals surface area contributed by atoms with Crippen molar-refractivity contribution in [3.63, 3.8) is 0 Å². The standard InChI is InChI=1S/C21H28N6O2/c1-15(27-10-5-8-23-27)12-20(29)26-9-4-3-6-19(26)21-22-13-17-14-25(16(2)28)11-7-18(17)24-21/h5,8,10,13,15,19H,3-4,6-7,9,11-12,14H2,1-2H3. The Morgan fingerprint density at radius 3 is 2.90 bits per heavy atom. The quantitative estimate of drug-likeness (QED) is 0.792. The highest BCUT2D eigenvalue weighted by Crippen LogP contribution is 2.31. The molecule has 1 fully saturated rings. The monoisotopic (exact) mass is 396 g/mol. The molecule has 0 bridgehead atoms. The first-order valence-corrected chi connectivity index (χ1v) is 10.4. The van der Waals surface area contributed by atoms with Gasteiger partial charge in [-0.2, -0.15) is 5.10 Å². The number of aromatic nitrogens is 4. The van der Waals surface area contributed by atoms with Gasteiger partial charge in [0.2, 0.25) is 11.8 Å². The van der Waals surface area contributed by atoms with Gasteiger partial charge in [-0.05, 0) is 32.3 Å². The smallest absolute Gasteiger partial charge is 0.225 e. The third kappa shape index (κ3) is 4.16. The fraction of sp³-hybridized carbons (Fsp3) is 0.571. The summed E-state index contributed by atoms with van der Waals surface area (Å²) in [4.78, 5) is 37.9. The lowest BCUT2D eigenvalue weighted by molar-refractivity contribution is -0.136. The number of nitrogens with zero attached hydrogens (tertiary/aromatic N) is 6. The van der Waals surface area contributed by atoms with Crippen LogP contribution in [0.2, 0.25) is 0 Å². The maximum absolute atomic E-state index is 13.1. The number of fused-ring (bicyclic) bond motifs is 1. The fourth-order valence-electron chi connectivity index (χ4n) is 4.26. The number of rotatable bonds is 4. The van der Waals surface area contributed by atoms with E-state index in [1.165, 1.54) is 0 Å². The summed E-state index contributed by atoms with van der Waals surface area (Å²) in [6.07, 6.45) is 9.59.